The highest BCUT2D eigenvalue weighted by atomic mass is 16.4. The molecule has 0 spiro atoms. The van der Waals surface area contributed by atoms with Gasteiger partial charge in [0.2, 0.25) is 0 Å². The minimum Gasteiger partial charge on any atom is -0.480 e. The van der Waals surface area contributed by atoms with E-state index in [0.717, 1.165) is 11.3 Å². The first-order valence-electron chi connectivity index (χ1n) is 7.88. The Balaban J connectivity index is 2.25. The maximum Gasteiger partial charge on any atom is 0.326 e. The van der Waals surface area contributed by atoms with Gasteiger partial charge in [-0.05, 0) is 31.9 Å². The van der Waals surface area contributed by atoms with Crippen LogP contribution < -0.4 is 5.32 Å². The molecule has 1 amide bonds. The van der Waals surface area contributed by atoms with Gasteiger partial charge >= 0.3 is 5.97 Å². The Hall–Kier alpha value is -2.70. The predicted molar refractivity (Wildman–Crippen MR) is 89.2 cm³/mol. The molecule has 24 heavy (non-hydrogen) atoms. The summed E-state index contributed by atoms with van der Waals surface area (Å²) in [5, 5.41) is 19.8. The number of carbonyl (C=O) groups excluding carboxylic acids is 1. The Morgan fingerprint density at radius 2 is 1.88 bits per heavy atom. The number of nitrogens with one attached hydrogen (secondary N) is 1. The minimum absolute atomic E-state index is 0.130. The third-order valence-electron chi connectivity index (χ3n) is 4.15. The van der Waals surface area contributed by atoms with Gasteiger partial charge in [0, 0.05) is 0 Å². The van der Waals surface area contributed by atoms with Gasteiger partial charge < -0.3 is 10.4 Å². The van der Waals surface area contributed by atoms with Gasteiger partial charge in [-0.25, -0.2) is 9.48 Å². The molecule has 0 radical (unpaired) electrons. The zero-order valence-electron chi connectivity index (χ0n) is 14.3. The smallest absolute Gasteiger partial charge is 0.326 e. The number of aliphatic carboxylic acids is 1. The lowest BCUT2D eigenvalue weighted by Gasteiger charge is -2.19. The average Bonchev–Trinajstić information content (AvgIpc) is 2.94. The fraction of sp³-hybridized carbons (Fsp3) is 0.412. The molecule has 0 saturated carbocycles. The van der Waals surface area contributed by atoms with E-state index in [1.165, 1.54) is 0 Å². The summed E-state index contributed by atoms with van der Waals surface area (Å²) >= 11 is 0. The molecule has 0 aliphatic carbocycles. The van der Waals surface area contributed by atoms with Gasteiger partial charge in [0.15, 0.2) is 5.69 Å². The minimum atomic E-state index is -1.05. The van der Waals surface area contributed by atoms with Crippen molar-refractivity contribution in [3.05, 3.63) is 41.2 Å². The summed E-state index contributed by atoms with van der Waals surface area (Å²) in [7, 11) is 0. The summed E-state index contributed by atoms with van der Waals surface area (Å²) < 4.78 is 1.56. The molecule has 0 fully saturated rings. The number of rotatable bonds is 6. The summed E-state index contributed by atoms with van der Waals surface area (Å²) in [5.41, 5.74) is 2.60. The van der Waals surface area contributed by atoms with Crippen LogP contribution >= 0.6 is 0 Å². The first-order valence-corrected chi connectivity index (χ1v) is 7.88. The molecule has 0 aliphatic rings. The lowest BCUT2D eigenvalue weighted by molar-refractivity contribution is -0.140. The molecule has 0 saturated heterocycles. The van der Waals surface area contributed by atoms with Gasteiger partial charge in [0.05, 0.1) is 11.4 Å². The number of carboxylic acid groups (broad SMARTS) is 1. The number of amides is 1. The van der Waals surface area contributed by atoms with E-state index in [4.69, 9.17) is 0 Å². The van der Waals surface area contributed by atoms with Crippen molar-refractivity contribution in [2.45, 2.75) is 40.2 Å². The highest BCUT2D eigenvalue weighted by Crippen LogP contribution is 2.14. The fourth-order valence-electron chi connectivity index (χ4n) is 2.36. The number of carbonyl (C=O) groups is 2. The van der Waals surface area contributed by atoms with Crippen molar-refractivity contribution < 1.29 is 14.7 Å². The molecule has 7 nitrogen and oxygen atoms in total. The molecular weight excluding hydrogens is 308 g/mol. The van der Waals surface area contributed by atoms with E-state index >= 15 is 0 Å². The maximum atomic E-state index is 12.4. The molecule has 2 aromatic rings. The van der Waals surface area contributed by atoms with Crippen molar-refractivity contribution in [3.63, 3.8) is 0 Å². The van der Waals surface area contributed by atoms with E-state index in [2.05, 4.69) is 15.6 Å². The Bertz CT molecular complexity index is 737. The van der Waals surface area contributed by atoms with Crippen LogP contribution in [0.4, 0.5) is 0 Å². The van der Waals surface area contributed by atoms with Crippen LogP contribution in [0.5, 0.6) is 0 Å². The van der Waals surface area contributed by atoms with E-state index in [1.54, 1.807) is 18.5 Å². The van der Waals surface area contributed by atoms with Crippen molar-refractivity contribution in [2.75, 3.05) is 0 Å². The second-order valence-electron chi connectivity index (χ2n) is 5.95. The molecule has 2 N–H and O–H groups in total. The summed E-state index contributed by atoms with van der Waals surface area (Å²) in [6.07, 6.45) is 0.645. The number of nitrogens with zero attached hydrogens (tertiary/aromatic N) is 3. The van der Waals surface area contributed by atoms with Crippen molar-refractivity contribution in [1.29, 1.82) is 0 Å². The topological polar surface area (TPSA) is 97.1 Å². The van der Waals surface area contributed by atoms with Crippen LogP contribution in [0.25, 0.3) is 5.69 Å². The SMILES string of the molecule is CCC(C)C(NC(=O)c1nnn(-c2ccc(C)cc2)c1C)C(=O)O. The third kappa shape index (κ3) is 3.61. The fourth-order valence-corrected chi connectivity index (χ4v) is 2.36. The number of hydrogen-bond donors (Lipinski definition) is 2. The Labute approximate surface area is 140 Å². The van der Waals surface area contributed by atoms with Gasteiger partial charge in [-0.15, -0.1) is 5.10 Å². The third-order valence-corrected chi connectivity index (χ3v) is 4.15. The number of hydrogen-bond acceptors (Lipinski definition) is 4. The summed E-state index contributed by atoms with van der Waals surface area (Å²) in [6, 6.07) is 6.71. The quantitative estimate of drug-likeness (QED) is 0.845. The molecule has 0 aliphatic heterocycles. The van der Waals surface area contributed by atoms with Gasteiger partial charge in [0.1, 0.15) is 6.04 Å². The average molecular weight is 330 g/mol. The second kappa shape index (κ2) is 7.25. The van der Waals surface area contributed by atoms with Gasteiger partial charge in [-0.3, -0.25) is 4.79 Å². The van der Waals surface area contributed by atoms with E-state index in [1.807, 2.05) is 38.1 Å². The monoisotopic (exact) mass is 330 g/mol. The lowest BCUT2D eigenvalue weighted by atomic mass is 9.99. The molecule has 2 rings (SSSR count). The van der Waals surface area contributed by atoms with Crippen LogP contribution in [0, 0.1) is 19.8 Å². The first-order chi connectivity index (χ1) is 11.3. The predicted octanol–water partition coefficient (Wildman–Crippen LogP) is 2.11. The molecular formula is C17H22N4O3. The Morgan fingerprint density at radius 1 is 1.25 bits per heavy atom. The zero-order valence-corrected chi connectivity index (χ0v) is 14.3. The molecule has 7 heteroatoms. The first kappa shape index (κ1) is 17.7. The lowest BCUT2D eigenvalue weighted by Crippen LogP contribution is -2.45. The standard InChI is InChI=1S/C17H22N4O3/c1-5-11(3)14(17(23)24)18-16(22)15-12(4)21(20-19-15)13-8-6-10(2)7-9-13/h6-9,11,14H,5H2,1-4H3,(H,18,22)(H,23,24). The summed E-state index contributed by atoms with van der Waals surface area (Å²) in [5.74, 6) is -1.77. The molecule has 2 atom stereocenters. The Kier molecular flexibility index (Phi) is 5.33. The van der Waals surface area contributed by atoms with Crippen molar-refractivity contribution >= 4 is 11.9 Å². The summed E-state index contributed by atoms with van der Waals surface area (Å²) in [6.45, 7) is 7.38. The normalized spacial score (nSPS) is 13.3. The van der Waals surface area contributed by atoms with Crippen LogP contribution in [0.3, 0.4) is 0 Å². The largest absolute Gasteiger partial charge is 0.480 e. The molecule has 1 heterocycles. The number of carboxylic acids is 1. The maximum absolute atomic E-state index is 12.4. The van der Waals surface area contributed by atoms with Gasteiger partial charge in [-0.1, -0.05) is 43.2 Å². The van der Waals surface area contributed by atoms with E-state index in [0.29, 0.717) is 12.1 Å². The number of benzene rings is 1. The highest BCUT2D eigenvalue weighted by Gasteiger charge is 2.28. The van der Waals surface area contributed by atoms with Crippen LogP contribution in [-0.2, 0) is 4.79 Å². The number of aromatic nitrogens is 3. The number of aryl methyl sites for hydroxylation is 1. The van der Waals surface area contributed by atoms with Crippen molar-refractivity contribution in [1.82, 2.24) is 20.3 Å². The highest BCUT2D eigenvalue weighted by molar-refractivity contribution is 5.95. The molecule has 1 aromatic carbocycles. The molecule has 128 valence electrons. The van der Waals surface area contributed by atoms with Crippen molar-refractivity contribution in [2.24, 2.45) is 5.92 Å². The molecule has 2 unspecified atom stereocenters. The van der Waals surface area contributed by atoms with Gasteiger partial charge in [-0.2, -0.15) is 0 Å². The zero-order chi connectivity index (χ0) is 17.9. The van der Waals surface area contributed by atoms with E-state index < -0.39 is 17.9 Å². The van der Waals surface area contributed by atoms with Crippen LogP contribution in [0.1, 0.15) is 42.0 Å². The van der Waals surface area contributed by atoms with Crippen LogP contribution in [0.2, 0.25) is 0 Å². The van der Waals surface area contributed by atoms with Gasteiger partial charge in [0.25, 0.3) is 5.91 Å². The Morgan fingerprint density at radius 3 is 2.42 bits per heavy atom. The second-order valence-corrected chi connectivity index (χ2v) is 5.95. The van der Waals surface area contributed by atoms with Crippen LogP contribution in [-0.4, -0.2) is 38.0 Å². The molecule has 0 bridgehead atoms. The van der Waals surface area contributed by atoms with Crippen LogP contribution in [0.15, 0.2) is 24.3 Å². The van der Waals surface area contributed by atoms with E-state index in [9.17, 15) is 14.7 Å². The van der Waals surface area contributed by atoms with E-state index in [-0.39, 0.29) is 11.6 Å². The van der Waals surface area contributed by atoms with Crippen molar-refractivity contribution in [3.8, 4) is 5.69 Å². The molecule has 1 aromatic heterocycles. The summed E-state index contributed by atoms with van der Waals surface area (Å²) in [4.78, 5) is 23.8.